The smallest absolute Gasteiger partial charge is 0.321 e. The largest absolute Gasteiger partial charge is 0.335 e. The van der Waals surface area contributed by atoms with Gasteiger partial charge in [0.25, 0.3) is 5.56 Å². The molecule has 0 saturated heterocycles. The van der Waals surface area contributed by atoms with E-state index in [1.54, 1.807) is 11.6 Å². The molecule has 3 amide bonds. The third-order valence-electron chi connectivity index (χ3n) is 7.47. The number of urea groups is 1. The number of carbonyl (C=O) groups excluding carboxylic acids is 2. The lowest BCUT2D eigenvalue weighted by atomic mass is 9.74. The van der Waals surface area contributed by atoms with Crippen molar-refractivity contribution in [2.75, 3.05) is 0 Å². The summed E-state index contributed by atoms with van der Waals surface area (Å²) in [6, 6.07) is 3.35. The van der Waals surface area contributed by atoms with Crippen molar-refractivity contribution in [1.82, 2.24) is 20.2 Å². The number of hydrogen-bond donors (Lipinski definition) is 2. The van der Waals surface area contributed by atoms with E-state index in [1.807, 2.05) is 25.3 Å². The molecule has 0 aromatic carbocycles. The first-order chi connectivity index (χ1) is 15.7. The summed E-state index contributed by atoms with van der Waals surface area (Å²) in [6.07, 6.45) is 7.25. The van der Waals surface area contributed by atoms with Crippen LogP contribution in [0.5, 0.6) is 0 Å². The van der Waals surface area contributed by atoms with Gasteiger partial charge in [-0.1, -0.05) is 6.92 Å². The van der Waals surface area contributed by atoms with E-state index >= 15 is 0 Å². The third kappa shape index (κ3) is 5.24. The van der Waals surface area contributed by atoms with E-state index in [-0.39, 0.29) is 34.7 Å². The average Bonchev–Trinajstić information content (AvgIpc) is 2.78. The van der Waals surface area contributed by atoms with E-state index in [0.29, 0.717) is 12.3 Å². The molecule has 33 heavy (non-hydrogen) atoms. The zero-order valence-electron chi connectivity index (χ0n) is 19.6. The van der Waals surface area contributed by atoms with Crippen molar-refractivity contribution in [2.45, 2.75) is 76.1 Å². The first kappa shape index (κ1) is 23.7. The quantitative estimate of drug-likeness (QED) is 0.656. The Bertz CT molecular complexity index is 1110. The fourth-order valence-corrected chi connectivity index (χ4v) is 5.64. The van der Waals surface area contributed by atoms with Crippen molar-refractivity contribution >= 4 is 34.4 Å². The summed E-state index contributed by atoms with van der Waals surface area (Å²) >= 11 is 6.12. The highest BCUT2D eigenvalue weighted by Crippen LogP contribution is 2.37. The van der Waals surface area contributed by atoms with Crippen LogP contribution >= 0.6 is 11.6 Å². The molecule has 3 unspecified atom stereocenters. The van der Waals surface area contributed by atoms with Crippen LogP contribution in [0.15, 0.2) is 23.1 Å². The molecule has 178 valence electrons. The number of halogens is 1. The van der Waals surface area contributed by atoms with Gasteiger partial charge in [-0.25, -0.2) is 4.79 Å². The van der Waals surface area contributed by atoms with Gasteiger partial charge in [0, 0.05) is 47.2 Å². The van der Waals surface area contributed by atoms with Gasteiger partial charge in [-0.05, 0) is 75.8 Å². The Morgan fingerprint density at radius 2 is 1.85 bits per heavy atom. The molecular formula is C25H33ClN4O3. The molecule has 0 aliphatic heterocycles. The number of aromatic nitrogens is 2. The van der Waals surface area contributed by atoms with Crippen LogP contribution < -0.4 is 16.2 Å². The molecule has 3 atom stereocenters. The van der Waals surface area contributed by atoms with Crippen LogP contribution in [0, 0.1) is 18.8 Å². The summed E-state index contributed by atoms with van der Waals surface area (Å²) in [5, 5.41) is 6.57. The molecule has 2 heterocycles. The number of imide groups is 1. The van der Waals surface area contributed by atoms with Gasteiger partial charge in [0.1, 0.15) is 0 Å². The lowest BCUT2D eigenvalue weighted by Crippen LogP contribution is -2.48. The number of carbonyl (C=O) groups is 2. The molecule has 2 N–H and O–H groups in total. The number of pyridine rings is 2. The Morgan fingerprint density at radius 1 is 1.12 bits per heavy atom. The lowest BCUT2D eigenvalue weighted by Gasteiger charge is -2.35. The lowest BCUT2D eigenvalue weighted by molar-refractivity contribution is -0.124. The molecule has 2 saturated carbocycles. The number of fused-ring (bicyclic) bond motifs is 1. The van der Waals surface area contributed by atoms with Crippen molar-refractivity contribution in [3.63, 3.8) is 0 Å². The fourth-order valence-electron chi connectivity index (χ4n) is 5.39. The van der Waals surface area contributed by atoms with Crippen molar-refractivity contribution in [3.05, 3.63) is 39.9 Å². The minimum atomic E-state index is -0.447. The second-order valence-electron chi connectivity index (χ2n) is 9.85. The SMILES string of the molecule is Cc1cc2c(cn1)cc(C1CC(NC(=O)NC(=O)C3CCC(Cl)CC3)CCC1C)c(=O)n2C. The molecule has 2 aliphatic rings. The van der Waals surface area contributed by atoms with Gasteiger partial charge in [0.2, 0.25) is 5.91 Å². The van der Waals surface area contributed by atoms with Crippen molar-refractivity contribution in [2.24, 2.45) is 18.9 Å². The normalized spacial score (nSPS) is 27.8. The zero-order chi connectivity index (χ0) is 23.7. The Hall–Kier alpha value is -2.41. The molecule has 2 fully saturated rings. The third-order valence-corrected chi connectivity index (χ3v) is 7.90. The Balaban J connectivity index is 1.45. The first-order valence-corrected chi connectivity index (χ1v) is 12.4. The standard InChI is InChI=1S/C25H33ClN4O3/c1-14-4-9-19(28-25(33)29-23(31)16-5-7-18(26)8-6-16)12-20(14)21-11-17-13-27-15(2)10-22(17)30(3)24(21)32/h10-11,13-14,16,18-20H,4-9,12H2,1-3H3,(H2,28,29,31,33). The maximum atomic E-state index is 13.2. The first-order valence-electron chi connectivity index (χ1n) is 11.9. The van der Waals surface area contributed by atoms with Gasteiger partial charge in [0.05, 0.1) is 5.52 Å². The number of nitrogens with one attached hydrogen (secondary N) is 2. The van der Waals surface area contributed by atoms with Gasteiger partial charge in [-0.2, -0.15) is 0 Å². The summed E-state index contributed by atoms with van der Waals surface area (Å²) in [4.78, 5) is 42.6. The second-order valence-corrected chi connectivity index (χ2v) is 10.5. The van der Waals surface area contributed by atoms with Crippen molar-refractivity contribution in [3.8, 4) is 0 Å². The van der Waals surface area contributed by atoms with E-state index in [2.05, 4.69) is 22.5 Å². The number of nitrogens with zero attached hydrogens (tertiary/aromatic N) is 2. The summed E-state index contributed by atoms with van der Waals surface area (Å²) in [7, 11) is 1.80. The number of hydrogen-bond acceptors (Lipinski definition) is 4. The van der Waals surface area contributed by atoms with Crippen LogP contribution in [0.1, 0.15) is 69.0 Å². The van der Waals surface area contributed by atoms with Gasteiger partial charge in [-0.3, -0.25) is 19.9 Å². The summed E-state index contributed by atoms with van der Waals surface area (Å²) < 4.78 is 1.70. The Kier molecular flexibility index (Phi) is 7.07. The van der Waals surface area contributed by atoms with Gasteiger partial charge < -0.3 is 9.88 Å². The van der Waals surface area contributed by atoms with Crippen molar-refractivity contribution in [1.29, 1.82) is 0 Å². The maximum absolute atomic E-state index is 13.2. The zero-order valence-corrected chi connectivity index (χ0v) is 20.3. The van der Waals surface area contributed by atoms with Gasteiger partial charge in [-0.15, -0.1) is 11.6 Å². The van der Waals surface area contributed by atoms with Gasteiger partial charge in [0.15, 0.2) is 0 Å². The van der Waals surface area contributed by atoms with Crippen LogP contribution in [0.3, 0.4) is 0 Å². The Morgan fingerprint density at radius 3 is 2.58 bits per heavy atom. The molecule has 0 spiro atoms. The molecule has 2 aromatic rings. The molecule has 8 heteroatoms. The summed E-state index contributed by atoms with van der Waals surface area (Å²) in [6.45, 7) is 4.07. The minimum Gasteiger partial charge on any atom is -0.335 e. The van der Waals surface area contributed by atoms with Crippen LogP contribution in [-0.4, -0.2) is 32.9 Å². The van der Waals surface area contributed by atoms with Crippen LogP contribution in [0.4, 0.5) is 4.79 Å². The van der Waals surface area contributed by atoms with E-state index in [4.69, 9.17) is 11.6 Å². The molecule has 7 nitrogen and oxygen atoms in total. The molecule has 4 rings (SSSR count). The van der Waals surface area contributed by atoms with Crippen LogP contribution in [-0.2, 0) is 11.8 Å². The van der Waals surface area contributed by atoms with E-state index < -0.39 is 6.03 Å². The summed E-state index contributed by atoms with van der Waals surface area (Å²) in [5.74, 6) is -0.0177. The van der Waals surface area contributed by atoms with E-state index in [1.165, 1.54) is 0 Å². The predicted molar refractivity (Wildman–Crippen MR) is 130 cm³/mol. The number of alkyl halides is 1. The predicted octanol–water partition coefficient (Wildman–Crippen LogP) is 4.14. The topological polar surface area (TPSA) is 93.1 Å². The second kappa shape index (κ2) is 9.84. The fraction of sp³-hybridized carbons (Fsp3) is 0.600. The van der Waals surface area contributed by atoms with Gasteiger partial charge >= 0.3 is 6.03 Å². The number of amides is 3. The Labute approximate surface area is 199 Å². The van der Waals surface area contributed by atoms with Crippen LogP contribution in [0.25, 0.3) is 10.9 Å². The monoisotopic (exact) mass is 472 g/mol. The number of aryl methyl sites for hydroxylation is 2. The highest BCUT2D eigenvalue weighted by atomic mass is 35.5. The molecule has 0 bridgehead atoms. The maximum Gasteiger partial charge on any atom is 0.321 e. The summed E-state index contributed by atoms with van der Waals surface area (Å²) in [5.41, 5.74) is 2.51. The van der Waals surface area contributed by atoms with E-state index in [0.717, 1.165) is 60.7 Å². The molecule has 2 aromatic heterocycles. The highest BCUT2D eigenvalue weighted by Gasteiger charge is 2.33. The van der Waals surface area contributed by atoms with E-state index in [9.17, 15) is 14.4 Å². The van der Waals surface area contributed by atoms with Crippen LogP contribution in [0.2, 0.25) is 0 Å². The molecule has 2 aliphatic carbocycles. The highest BCUT2D eigenvalue weighted by molar-refractivity contribution is 6.20. The average molecular weight is 473 g/mol. The molecular weight excluding hydrogens is 440 g/mol. The van der Waals surface area contributed by atoms with Crippen molar-refractivity contribution < 1.29 is 9.59 Å². The molecule has 0 radical (unpaired) electrons. The number of rotatable bonds is 3. The minimum absolute atomic E-state index is 0.000114.